The maximum Gasteiger partial charge on any atom is 0.260 e. The van der Waals surface area contributed by atoms with Crippen molar-refractivity contribution in [3.63, 3.8) is 0 Å². The highest BCUT2D eigenvalue weighted by atomic mass is 16.5. The van der Waals surface area contributed by atoms with Crippen LogP contribution in [0.3, 0.4) is 0 Å². The Morgan fingerprint density at radius 2 is 1.75 bits per heavy atom. The van der Waals surface area contributed by atoms with Crippen molar-refractivity contribution in [2.45, 2.75) is 39.7 Å². The SMILES string of the molecule is CCOc1ccc2c(c1)CN(C(=O)COc1ccc(CCC(C)=O)cc1)CC2. The van der Waals surface area contributed by atoms with E-state index < -0.39 is 0 Å². The number of carbonyl (C=O) groups is 2. The highest BCUT2D eigenvalue weighted by Crippen LogP contribution is 2.24. The van der Waals surface area contributed by atoms with E-state index >= 15 is 0 Å². The molecule has 0 atom stereocenters. The lowest BCUT2D eigenvalue weighted by atomic mass is 9.99. The Labute approximate surface area is 166 Å². The van der Waals surface area contributed by atoms with Crippen LogP contribution in [0.4, 0.5) is 0 Å². The smallest absolute Gasteiger partial charge is 0.260 e. The second-order valence-corrected chi connectivity index (χ2v) is 7.06. The summed E-state index contributed by atoms with van der Waals surface area (Å²) < 4.78 is 11.2. The van der Waals surface area contributed by atoms with Gasteiger partial charge in [0.25, 0.3) is 5.91 Å². The molecule has 1 amide bonds. The summed E-state index contributed by atoms with van der Waals surface area (Å²) in [6.07, 6.45) is 2.12. The Balaban J connectivity index is 1.52. The summed E-state index contributed by atoms with van der Waals surface area (Å²) in [6.45, 7) is 5.49. The maximum atomic E-state index is 12.6. The van der Waals surface area contributed by atoms with Gasteiger partial charge in [0.15, 0.2) is 6.61 Å². The van der Waals surface area contributed by atoms with Gasteiger partial charge in [-0.15, -0.1) is 0 Å². The first-order chi connectivity index (χ1) is 13.5. The fraction of sp³-hybridized carbons (Fsp3) is 0.391. The maximum absolute atomic E-state index is 12.6. The summed E-state index contributed by atoms with van der Waals surface area (Å²) in [5.41, 5.74) is 3.50. The molecule has 3 rings (SSSR count). The number of carbonyl (C=O) groups excluding carboxylic acids is 2. The predicted molar refractivity (Wildman–Crippen MR) is 108 cm³/mol. The monoisotopic (exact) mass is 381 g/mol. The number of fused-ring (bicyclic) bond motifs is 1. The molecule has 0 saturated carbocycles. The first-order valence-corrected chi connectivity index (χ1v) is 9.78. The van der Waals surface area contributed by atoms with Gasteiger partial charge in [0.2, 0.25) is 0 Å². The molecule has 0 fully saturated rings. The number of amides is 1. The van der Waals surface area contributed by atoms with Crippen molar-refractivity contribution in [3.05, 3.63) is 59.2 Å². The predicted octanol–water partition coefficient (Wildman–Crippen LogP) is 3.57. The molecule has 1 aliphatic heterocycles. The minimum absolute atomic E-state index is 0.0203. The van der Waals surface area contributed by atoms with E-state index in [9.17, 15) is 9.59 Å². The Hall–Kier alpha value is -2.82. The zero-order chi connectivity index (χ0) is 19.9. The zero-order valence-electron chi connectivity index (χ0n) is 16.6. The van der Waals surface area contributed by atoms with Crippen LogP contribution in [0.2, 0.25) is 0 Å². The van der Waals surface area contributed by atoms with E-state index in [1.54, 1.807) is 6.92 Å². The number of Topliss-reactive ketones (excluding diaryl/α,β-unsaturated/α-hetero) is 1. The second kappa shape index (κ2) is 9.40. The van der Waals surface area contributed by atoms with Crippen molar-refractivity contribution in [2.75, 3.05) is 19.8 Å². The van der Waals surface area contributed by atoms with Crippen LogP contribution in [0.5, 0.6) is 11.5 Å². The molecule has 148 valence electrons. The lowest BCUT2D eigenvalue weighted by molar-refractivity contribution is -0.134. The van der Waals surface area contributed by atoms with E-state index in [4.69, 9.17) is 9.47 Å². The van der Waals surface area contributed by atoms with Gasteiger partial charge in [0.05, 0.1) is 6.61 Å². The van der Waals surface area contributed by atoms with Gasteiger partial charge in [-0.3, -0.25) is 4.79 Å². The molecule has 5 heteroatoms. The van der Waals surface area contributed by atoms with E-state index in [0.29, 0.717) is 31.9 Å². The van der Waals surface area contributed by atoms with Crippen LogP contribution in [0.15, 0.2) is 42.5 Å². The van der Waals surface area contributed by atoms with Crippen LogP contribution in [0.25, 0.3) is 0 Å². The van der Waals surface area contributed by atoms with Crippen molar-refractivity contribution in [2.24, 2.45) is 0 Å². The summed E-state index contributed by atoms with van der Waals surface area (Å²) in [4.78, 5) is 25.5. The third-order valence-electron chi connectivity index (χ3n) is 4.91. The number of ether oxygens (including phenoxy) is 2. The number of benzene rings is 2. The van der Waals surface area contributed by atoms with E-state index in [2.05, 4.69) is 6.07 Å². The first kappa shape index (κ1) is 19.9. The molecule has 28 heavy (non-hydrogen) atoms. The van der Waals surface area contributed by atoms with Crippen LogP contribution >= 0.6 is 0 Å². The molecule has 0 unspecified atom stereocenters. The molecule has 5 nitrogen and oxygen atoms in total. The van der Waals surface area contributed by atoms with Crippen molar-refractivity contribution < 1.29 is 19.1 Å². The van der Waals surface area contributed by atoms with Crippen LogP contribution in [0.1, 0.15) is 37.0 Å². The van der Waals surface area contributed by atoms with Crippen LogP contribution in [-0.4, -0.2) is 36.3 Å². The molecular formula is C23H27NO4. The first-order valence-electron chi connectivity index (χ1n) is 9.78. The molecule has 2 aromatic rings. The molecular weight excluding hydrogens is 354 g/mol. The van der Waals surface area contributed by atoms with E-state index in [1.165, 1.54) is 5.56 Å². The second-order valence-electron chi connectivity index (χ2n) is 7.06. The van der Waals surface area contributed by atoms with E-state index in [1.807, 2.05) is 48.2 Å². The minimum atomic E-state index is -0.0203. The van der Waals surface area contributed by atoms with Gasteiger partial charge in [0.1, 0.15) is 17.3 Å². The summed E-state index contributed by atoms with van der Waals surface area (Å²) in [5, 5.41) is 0. The van der Waals surface area contributed by atoms with Crippen molar-refractivity contribution >= 4 is 11.7 Å². The number of nitrogens with zero attached hydrogens (tertiary/aromatic N) is 1. The topological polar surface area (TPSA) is 55.8 Å². The summed E-state index contributed by atoms with van der Waals surface area (Å²) >= 11 is 0. The number of aryl methyl sites for hydroxylation is 1. The zero-order valence-corrected chi connectivity index (χ0v) is 16.6. The number of rotatable bonds is 8. The normalized spacial score (nSPS) is 13.0. The Morgan fingerprint density at radius 3 is 2.46 bits per heavy atom. The Kier molecular flexibility index (Phi) is 6.69. The molecule has 1 aliphatic rings. The average Bonchev–Trinajstić information content (AvgIpc) is 2.71. The van der Waals surface area contributed by atoms with Crippen molar-refractivity contribution in [3.8, 4) is 11.5 Å². The highest BCUT2D eigenvalue weighted by molar-refractivity contribution is 5.78. The van der Waals surface area contributed by atoms with Crippen LogP contribution < -0.4 is 9.47 Å². The summed E-state index contributed by atoms with van der Waals surface area (Å²) in [5.74, 6) is 1.67. The molecule has 0 saturated heterocycles. The molecule has 0 aromatic heterocycles. The van der Waals surface area contributed by atoms with E-state index in [0.717, 1.165) is 29.7 Å². The number of ketones is 1. The summed E-state index contributed by atoms with van der Waals surface area (Å²) in [7, 11) is 0. The Bertz CT molecular complexity index is 829. The Morgan fingerprint density at radius 1 is 1.00 bits per heavy atom. The fourth-order valence-electron chi connectivity index (χ4n) is 3.31. The molecule has 2 aromatic carbocycles. The van der Waals surface area contributed by atoms with Gasteiger partial charge in [-0.2, -0.15) is 0 Å². The molecule has 0 bridgehead atoms. The van der Waals surface area contributed by atoms with Crippen LogP contribution in [0, 0.1) is 0 Å². The highest BCUT2D eigenvalue weighted by Gasteiger charge is 2.21. The largest absolute Gasteiger partial charge is 0.494 e. The molecule has 0 N–H and O–H groups in total. The lowest BCUT2D eigenvalue weighted by Gasteiger charge is -2.29. The third-order valence-corrected chi connectivity index (χ3v) is 4.91. The van der Waals surface area contributed by atoms with Gasteiger partial charge < -0.3 is 19.2 Å². The summed E-state index contributed by atoms with van der Waals surface area (Å²) in [6, 6.07) is 13.7. The van der Waals surface area contributed by atoms with E-state index in [-0.39, 0.29) is 18.3 Å². The van der Waals surface area contributed by atoms with Crippen molar-refractivity contribution in [1.29, 1.82) is 0 Å². The fourth-order valence-corrected chi connectivity index (χ4v) is 3.31. The van der Waals surface area contributed by atoms with Gasteiger partial charge in [0, 0.05) is 19.5 Å². The quantitative estimate of drug-likeness (QED) is 0.701. The van der Waals surface area contributed by atoms with Gasteiger partial charge >= 0.3 is 0 Å². The average molecular weight is 381 g/mol. The lowest BCUT2D eigenvalue weighted by Crippen LogP contribution is -2.38. The standard InChI is InChI=1S/C23H27NO4/c1-3-27-22-11-8-19-12-13-24(15-20(19)14-22)23(26)16-28-21-9-6-18(7-10-21)5-4-17(2)25/h6-11,14H,3-5,12-13,15-16H2,1-2H3. The number of hydrogen-bond donors (Lipinski definition) is 0. The molecule has 0 aliphatic carbocycles. The molecule has 0 spiro atoms. The van der Waals surface area contributed by atoms with Crippen LogP contribution in [-0.2, 0) is 29.0 Å². The molecule has 0 radical (unpaired) electrons. The third kappa shape index (κ3) is 5.35. The molecule has 1 heterocycles. The minimum Gasteiger partial charge on any atom is -0.494 e. The van der Waals surface area contributed by atoms with Crippen molar-refractivity contribution in [1.82, 2.24) is 4.90 Å². The van der Waals surface area contributed by atoms with Gasteiger partial charge in [-0.1, -0.05) is 18.2 Å². The number of hydrogen-bond acceptors (Lipinski definition) is 4. The van der Waals surface area contributed by atoms with Gasteiger partial charge in [-0.25, -0.2) is 0 Å². The van der Waals surface area contributed by atoms with Gasteiger partial charge in [-0.05, 0) is 67.6 Å².